The molecular formula is C17H19IN2O3S. The lowest BCUT2D eigenvalue weighted by molar-refractivity contribution is -0.114. The quantitative estimate of drug-likeness (QED) is 0.674. The highest BCUT2D eigenvalue weighted by molar-refractivity contribution is 14.1. The molecule has 0 unspecified atom stereocenters. The van der Waals surface area contributed by atoms with Crippen LogP contribution in [0.15, 0.2) is 41.3 Å². The third-order valence-electron chi connectivity index (χ3n) is 3.54. The van der Waals surface area contributed by atoms with Gasteiger partial charge in [0.2, 0.25) is 5.91 Å². The van der Waals surface area contributed by atoms with Crippen LogP contribution in [0.4, 0.5) is 11.4 Å². The fourth-order valence-electron chi connectivity index (χ4n) is 2.50. The van der Waals surface area contributed by atoms with E-state index >= 15 is 0 Å². The van der Waals surface area contributed by atoms with Gasteiger partial charge in [0, 0.05) is 21.2 Å². The molecule has 0 saturated carbocycles. The van der Waals surface area contributed by atoms with Crippen LogP contribution in [0, 0.1) is 17.4 Å². The Kier molecular flexibility index (Phi) is 5.87. The van der Waals surface area contributed by atoms with Crippen molar-refractivity contribution in [1.82, 2.24) is 0 Å². The molecule has 0 fully saturated rings. The zero-order valence-corrected chi connectivity index (χ0v) is 16.7. The number of carbonyl (C=O) groups excluding carboxylic acids is 1. The summed E-state index contributed by atoms with van der Waals surface area (Å²) in [6.07, 6.45) is 1.19. The smallest absolute Gasteiger partial charge is 0.243 e. The normalized spacial score (nSPS) is 11.2. The lowest BCUT2D eigenvalue weighted by Crippen LogP contribution is -2.22. The fourth-order valence-corrected chi connectivity index (χ4v) is 4.18. The fraction of sp³-hybridized carbons (Fsp3) is 0.235. The van der Waals surface area contributed by atoms with Crippen LogP contribution >= 0.6 is 22.6 Å². The number of halogens is 1. The first-order valence-corrected chi connectivity index (χ1v) is 10.2. The summed E-state index contributed by atoms with van der Waals surface area (Å²) in [5.41, 5.74) is 2.68. The van der Waals surface area contributed by atoms with Gasteiger partial charge in [-0.2, -0.15) is 0 Å². The molecule has 0 bridgehead atoms. The Labute approximate surface area is 155 Å². The van der Waals surface area contributed by atoms with Gasteiger partial charge in [-0.3, -0.25) is 4.79 Å². The molecule has 0 spiro atoms. The van der Waals surface area contributed by atoms with E-state index in [1.165, 1.54) is 6.26 Å². The SMILES string of the molecule is Cc1ccc(NCC(=O)Nc2ccc(I)cc2)c(C)c1S(C)(=O)=O. The van der Waals surface area contributed by atoms with Crippen molar-refractivity contribution in [2.75, 3.05) is 23.4 Å². The van der Waals surface area contributed by atoms with Gasteiger partial charge in [-0.25, -0.2) is 8.42 Å². The predicted molar refractivity (Wildman–Crippen MR) is 105 cm³/mol. The first-order valence-electron chi connectivity index (χ1n) is 7.28. The number of amides is 1. The van der Waals surface area contributed by atoms with Gasteiger partial charge in [-0.05, 0) is 77.9 Å². The van der Waals surface area contributed by atoms with E-state index in [9.17, 15) is 13.2 Å². The predicted octanol–water partition coefficient (Wildman–Crippen LogP) is 3.36. The molecule has 24 heavy (non-hydrogen) atoms. The molecule has 0 atom stereocenters. The molecule has 0 aliphatic heterocycles. The molecule has 0 heterocycles. The van der Waals surface area contributed by atoms with Crippen molar-refractivity contribution in [3.63, 3.8) is 0 Å². The van der Waals surface area contributed by atoms with Crippen LogP contribution < -0.4 is 10.6 Å². The molecule has 0 aromatic heterocycles. The zero-order chi connectivity index (χ0) is 17.9. The van der Waals surface area contributed by atoms with Crippen molar-refractivity contribution in [3.05, 3.63) is 51.1 Å². The summed E-state index contributed by atoms with van der Waals surface area (Å²) in [7, 11) is -3.32. The lowest BCUT2D eigenvalue weighted by atomic mass is 10.1. The average molecular weight is 458 g/mol. The molecule has 2 aromatic rings. The molecule has 2 aromatic carbocycles. The monoisotopic (exact) mass is 458 g/mol. The van der Waals surface area contributed by atoms with E-state index in [1.807, 2.05) is 24.3 Å². The van der Waals surface area contributed by atoms with Crippen LogP contribution in [0.1, 0.15) is 11.1 Å². The number of rotatable bonds is 5. The molecule has 1 amide bonds. The van der Waals surface area contributed by atoms with Gasteiger partial charge in [-0.1, -0.05) is 6.07 Å². The van der Waals surface area contributed by atoms with Crippen molar-refractivity contribution < 1.29 is 13.2 Å². The Morgan fingerprint density at radius 3 is 2.29 bits per heavy atom. The van der Waals surface area contributed by atoms with Crippen LogP contribution in [0.25, 0.3) is 0 Å². The molecule has 2 rings (SSSR count). The van der Waals surface area contributed by atoms with Crippen molar-refractivity contribution >= 4 is 49.7 Å². The van der Waals surface area contributed by atoms with Gasteiger partial charge < -0.3 is 10.6 Å². The molecule has 0 aliphatic carbocycles. The Morgan fingerprint density at radius 1 is 1.08 bits per heavy atom. The first kappa shape index (κ1) is 18.7. The van der Waals surface area contributed by atoms with Gasteiger partial charge in [0.05, 0.1) is 11.4 Å². The molecule has 2 N–H and O–H groups in total. The average Bonchev–Trinajstić information content (AvgIpc) is 2.47. The standard InChI is InChI=1S/C17H19IN2O3S/c1-11-4-9-15(12(2)17(11)24(3,22)23)19-10-16(21)20-14-7-5-13(18)6-8-14/h4-9,19H,10H2,1-3H3,(H,20,21). The highest BCUT2D eigenvalue weighted by atomic mass is 127. The van der Waals surface area contributed by atoms with Crippen molar-refractivity contribution in [2.24, 2.45) is 0 Å². The van der Waals surface area contributed by atoms with E-state index in [1.54, 1.807) is 26.0 Å². The summed E-state index contributed by atoms with van der Waals surface area (Å²) in [5, 5.41) is 5.80. The minimum absolute atomic E-state index is 0.0547. The molecular weight excluding hydrogens is 439 g/mol. The maximum absolute atomic E-state index is 12.0. The lowest BCUT2D eigenvalue weighted by Gasteiger charge is -2.14. The maximum atomic E-state index is 12.0. The van der Waals surface area contributed by atoms with E-state index in [0.717, 1.165) is 9.26 Å². The molecule has 0 saturated heterocycles. The molecule has 7 heteroatoms. The Balaban J connectivity index is 2.09. The highest BCUT2D eigenvalue weighted by Gasteiger charge is 2.17. The topological polar surface area (TPSA) is 75.3 Å². The minimum atomic E-state index is -3.32. The van der Waals surface area contributed by atoms with E-state index < -0.39 is 9.84 Å². The number of hydrogen-bond donors (Lipinski definition) is 2. The second-order valence-corrected chi connectivity index (χ2v) is 8.76. The van der Waals surface area contributed by atoms with E-state index in [4.69, 9.17) is 0 Å². The molecule has 0 aliphatic rings. The van der Waals surface area contributed by atoms with E-state index in [2.05, 4.69) is 33.2 Å². The summed E-state index contributed by atoms with van der Waals surface area (Å²) in [5.74, 6) is -0.197. The molecule has 128 valence electrons. The zero-order valence-electron chi connectivity index (χ0n) is 13.7. The van der Waals surface area contributed by atoms with Gasteiger partial charge in [-0.15, -0.1) is 0 Å². The summed E-state index contributed by atoms with van der Waals surface area (Å²) in [6, 6.07) is 11.0. The van der Waals surface area contributed by atoms with E-state index in [0.29, 0.717) is 21.7 Å². The van der Waals surface area contributed by atoms with E-state index in [-0.39, 0.29) is 12.5 Å². The largest absolute Gasteiger partial charge is 0.376 e. The summed E-state index contributed by atoms with van der Waals surface area (Å²) in [6.45, 7) is 3.55. The summed E-state index contributed by atoms with van der Waals surface area (Å²) < 4.78 is 24.9. The summed E-state index contributed by atoms with van der Waals surface area (Å²) in [4.78, 5) is 12.3. The van der Waals surface area contributed by atoms with Gasteiger partial charge in [0.15, 0.2) is 9.84 Å². The number of hydrogen-bond acceptors (Lipinski definition) is 4. The van der Waals surface area contributed by atoms with Crippen LogP contribution in [0.3, 0.4) is 0 Å². The Hall–Kier alpha value is -1.61. The van der Waals surface area contributed by atoms with Gasteiger partial charge >= 0.3 is 0 Å². The van der Waals surface area contributed by atoms with Crippen LogP contribution in [0.5, 0.6) is 0 Å². The number of anilines is 2. The first-order chi connectivity index (χ1) is 11.2. The van der Waals surface area contributed by atoms with Crippen LogP contribution in [-0.2, 0) is 14.6 Å². The number of sulfone groups is 1. The number of aryl methyl sites for hydroxylation is 1. The number of carbonyl (C=O) groups is 1. The molecule has 0 radical (unpaired) electrons. The van der Waals surface area contributed by atoms with Crippen LogP contribution in [-0.4, -0.2) is 27.1 Å². The number of benzene rings is 2. The minimum Gasteiger partial charge on any atom is -0.376 e. The van der Waals surface area contributed by atoms with Crippen molar-refractivity contribution in [1.29, 1.82) is 0 Å². The van der Waals surface area contributed by atoms with Gasteiger partial charge in [0.25, 0.3) is 0 Å². The number of nitrogens with one attached hydrogen (secondary N) is 2. The Bertz CT molecular complexity index is 862. The highest BCUT2D eigenvalue weighted by Crippen LogP contribution is 2.26. The Morgan fingerprint density at radius 2 is 1.71 bits per heavy atom. The summed E-state index contributed by atoms with van der Waals surface area (Å²) >= 11 is 2.20. The maximum Gasteiger partial charge on any atom is 0.243 e. The second-order valence-electron chi connectivity index (χ2n) is 5.56. The molecule has 5 nitrogen and oxygen atoms in total. The van der Waals surface area contributed by atoms with Crippen molar-refractivity contribution in [2.45, 2.75) is 18.7 Å². The van der Waals surface area contributed by atoms with Crippen LogP contribution in [0.2, 0.25) is 0 Å². The van der Waals surface area contributed by atoms with Gasteiger partial charge in [0.1, 0.15) is 0 Å². The van der Waals surface area contributed by atoms with Crippen molar-refractivity contribution in [3.8, 4) is 0 Å². The third kappa shape index (κ3) is 4.70. The second kappa shape index (κ2) is 7.52. The third-order valence-corrected chi connectivity index (χ3v) is 5.63.